The van der Waals surface area contributed by atoms with E-state index in [1.165, 1.54) is 0 Å². The molecule has 2 N–H and O–H groups in total. The van der Waals surface area contributed by atoms with Crippen molar-refractivity contribution in [2.75, 3.05) is 13.2 Å². The molecule has 0 saturated heterocycles. The molecule has 0 bridgehead atoms. The van der Waals surface area contributed by atoms with E-state index in [0.29, 0.717) is 5.75 Å². The number of aliphatic hydroxyl groups excluding tert-OH is 1. The van der Waals surface area contributed by atoms with Gasteiger partial charge in [-0.3, -0.25) is 0 Å². The van der Waals surface area contributed by atoms with E-state index < -0.39 is 5.97 Å². The highest BCUT2D eigenvalue weighted by Gasteiger charge is 2.18. The van der Waals surface area contributed by atoms with Crippen LogP contribution in [0, 0.1) is 0 Å². The quantitative estimate of drug-likeness (QED) is 0.793. The van der Waals surface area contributed by atoms with Gasteiger partial charge in [0, 0.05) is 5.41 Å². The first-order chi connectivity index (χ1) is 7.45. The summed E-state index contributed by atoms with van der Waals surface area (Å²) < 4.78 is 5.01. The van der Waals surface area contributed by atoms with Gasteiger partial charge in [-0.2, -0.15) is 0 Å². The molecule has 1 rings (SSSR count). The van der Waals surface area contributed by atoms with Crippen LogP contribution in [-0.2, 0) is 10.2 Å². The molecule has 0 unspecified atom stereocenters. The lowest BCUT2D eigenvalue weighted by molar-refractivity contribution is -0.139. The van der Waals surface area contributed by atoms with Crippen LogP contribution in [0.5, 0.6) is 5.75 Å². The van der Waals surface area contributed by atoms with E-state index in [1.54, 1.807) is 12.1 Å². The third-order valence-electron chi connectivity index (χ3n) is 2.39. The predicted molar refractivity (Wildman–Crippen MR) is 59.7 cm³/mol. The molecule has 4 heteroatoms. The van der Waals surface area contributed by atoms with Gasteiger partial charge in [0.25, 0.3) is 0 Å². The number of hydrogen-bond donors (Lipinski definition) is 2. The molecule has 0 amide bonds. The van der Waals surface area contributed by atoms with Crippen LogP contribution < -0.4 is 4.74 Å². The lowest BCUT2D eigenvalue weighted by Crippen LogP contribution is -2.21. The summed E-state index contributed by atoms with van der Waals surface area (Å²) in [6, 6.07) is 7.06. The van der Waals surface area contributed by atoms with Gasteiger partial charge in [-0.25, -0.2) is 4.79 Å². The van der Waals surface area contributed by atoms with Crippen molar-refractivity contribution in [3.8, 4) is 5.75 Å². The maximum atomic E-state index is 10.3. The molecule has 4 nitrogen and oxygen atoms in total. The van der Waals surface area contributed by atoms with E-state index in [4.69, 9.17) is 9.84 Å². The average Bonchev–Trinajstić information content (AvgIpc) is 2.27. The Morgan fingerprint density at radius 1 is 1.31 bits per heavy atom. The van der Waals surface area contributed by atoms with Crippen LogP contribution in [0.2, 0.25) is 0 Å². The molecule has 0 saturated carbocycles. The van der Waals surface area contributed by atoms with Gasteiger partial charge in [0.1, 0.15) is 5.75 Å². The van der Waals surface area contributed by atoms with Gasteiger partial charge in [0.2, 0.25) is 0 Å². The molecule has 0 radical (unpaired) electrons. The maximum Gasteiger partial charge on any atom is 0.341 e. The normalized spacial score (nSPS) is 11.2. The summed E-state index contributed by atoms with van der Waals surface area (Å²) in [6.07, 6.45) is 0. The van der Waals surface area contributed by atoms with E-state index in [-0.39, 0.29) is 18.6 Å². The zero-order valence-electron chi connectivity index (χ0n) is 9.43. The molecule has 0 aromatic heterocycles. The molecule has 0 fully saturated rings. The first-order valence-electron chi connectivity index (χ1n) is 5.02. The Morgan fingerprint density at radius 2 is 1.88 bits per heavy atom. The third kappa shape index (κ3) is 3.24. The number of hydrogen-bond acceptors (Lipinski definition) is 3. The van der Waals surface area contributed by atoms with Gasteiger partial charge in [0.05, 0.1) is 6.61 Å². The molecular weight excluding hydrogens is 208 g/mol. The zero-order valence-corrected chi connectivity index (χ0v) is 9.43. The Balaban J connectivity index is 2.71. The fourth-order valence-electron chi connectivity index (χ4n) is 1.24. The number of benzene rings is 1. The number of ether oxygens (including phenoxy) is 1. The number of carboxylic acid groups (broad SMARTS) is 1. The number of carbonyl (C=O) groups is 1. The summed E-state index contributed by atoms with van der Waals surface area (Å²) in [7, 11) is 0. The Labute approximate surface area is 94.5 Å². The van der Waals surface area contributed by atoms with Crippen molar-refractivity contribution in [1.82, 2.24) is 0 Å². The number of aliphatic carboxylic acids is 1. The zero-order chi connectivity index (χ0) is 12.2. The molecule has 16 heavy (non-hydrogen) atoms. The second kappa shape index (κ2) is 4.99. The highest BCUT2D eigenvalue weighted by atomic mass is 16.5. The minimum absolute atomic E-state index is 0.0579. The number of aliphatic hydroxyl groups is 1. The van der Waals surface area contributed by atoms with E-state index in [2.05, 4.69) is 0 Å². The molecule has 88 valence electrons. The van der Waals surface area contributed by atoms with Crippen LogP contribution in [0.1, 0.15) is 19.4 Å². The predicted octanol–water partition coefficient (Wildman–Crippen LogP) is 1.42. The summed E-state index contributed by atoms with van der Waals surface area (Å²) in [5, 5.41) is 17.6. The molecule has 0 aliphatic rings. The van der Waals surface area contributed by atoms with Crippen LogP contribution in [0.4, 0.5) is 0 Å². The largest absolute Gasteiger partial charge is 0.482 e. The fraction of sp³-hybridized carbons (Fsp3) is 0.417. The molecular formula is C12H16O4. The van der Waals surface area contributed by atoms with E-state index in [1.807, 2.05) is 26.0 Å². The molecule has 0 spiro atoms. The lowest BCUT2D eigenvalue weighted by Gasteiger charge is -2.22. The molecule has 0 aliphatic carbocycles. The number of rotatable bonds is 5. The Kier molecular flexibility index (Phi) is 3.90. The molecule has 0 aliphatic heterocycles. The van der Waals surface area contributed by atoms with Crippen molar-refractivity contribution in [3.63, 3.8) is 0 Å². The lowest BCUT2D eigenvalue weighted by atomic mass is 9.86. The van der Waals surface area contributed by atoms with E-state index in [0.717, 1.165) is 5.56 Å². The van der Waals surface area contributed by atoms with Gasteiger partial charge in [-0.1, -0.05) is 26.0 Å². The minimum Gasteiger partial charge on any atom is -0.482 e. The summed E-state index contributed by atoms with van der Waals surface area (Å²) in [5.74, 6) is -0.486. The third-order valence-corrected chi connectivity index (χ3v) is 2.39. The van der Waals surface area contributed by atoms with Crippen molar-refractivity contribution in [3.05, 3.63) is 29.8 Å². The smallest absolute Gasteiger partial charge is 0.341 e. The first kappa shape index (κ1) is 12.5. The van der Waals surface area contributed by atoms with Crippen LogP contribution >= 0.6 is 0 Å². The molecule has 0 atom stereocenters. The van der Waals surface area contributed by atoms with Gasteiger partial charge < -0.3 is 14.9 Å². The van der Waals surface area contributed by atoms with Crippen LogP contribution in [0.15, 0.2) is 24.3 Å². The van der Waals surface area contributed by atoms with Crippen LogP contribution in [0.3, 0.4) is 0 Å². The van der Waals surface area contributed by atoms with Crippen molar-refractivity contribution in [1.29, 1.82) is 0 Å². The average molecular weight is 224 g/mol. The Bertz CT molecular complexity index is 354. The van der Waals surface area contributed by atoms with Crippen molar-refractivity contribution in [2.24, 2.45) is 0 Å². The van der Waals surface area contributed by atoms with Crippen molar-refractivity contribution < 1.29 is 19.7 Å². The van der Waals surface area contributed by atoms with E-state index >= 15 is 0 Å². The first-order valence-corrected chi connectivity index (χ1v) is 5.02. The second-order valence-electron chi connectivity index (χ2n) is 4.25. The SMILES string of the molecule is CC(C)(CO)c1ccc(OCC(=O)O)cc1. The van der Waals surface area contributed by atoms with Gasteiger partial charge in [-0.15, -0.1) is 0 Å². The number of carboxylic acids is 1. The van der Waals surface area contributed by atoms with E-state index in [9.17, 15) is 9.90 Å². The molecule has 1 aromatic rings. The highest BCUT2D eigenvalue weighted by Crippen LogP contribution is 2.24. The van der Waals surface area contributed by atoms with Crippen molar-refractivity contribution in [2.45, 2.75) is 19.3 Å². The van der Waals surface area contributed by atoms with Gasteiger partial charge in [-0.05, 0) is 17.7 Å². The Morgan fingerprint density at radius 3 is 2.31 bits per heavy atom. The monoisotopic (exact) mass is 224 g/mol. The van der Waals surface area contributed by atoms with Gasteiger partial charge >= 0.3 is 5.97 Å². The highest BCUT2D eigenvalue weighted by molar-refractivity contribution is 5.68. The van der Waals surface area contributed by atoms with Gasteiger partial charge in [0.15, 0.2) is 6.61 Å². The Hall–Kier alpha value is -1.55. The summed E-state index contributed by atoms with van der Waals surface area (Å²) >= 11 is 0. The van der Waals surface area contributed by atoms with Crippen molar-refractivity contribution >= 4 is 5.97 Å². The summed E-state index contributed by atoms with van der Waals surface area (Å²) in [6.45, 7) is 3.57. The minimum atomic E-state index is -1.00. The topological polar surface area (TPSA) is 66.8 Å². The molecule has 1 aromatic carbocycles. The molecule has 0 heterocycles. The second-order valence-corrected chi connectivity index (χ2v) is 4.25. The fourth-order valence-corrected chi connectivity index (χ4v) is 1.24. The summed E-state index contributed by atoms with van der Waals surface area (Å²) in [5.41, 5.74) is 0.684. The maximum absolute atomic E-state index is 10.3. The van der Waals surface area contributed by atoms with Crippen LogP contribution in [0.25, 0.3) is 0 Å². The standard InChI is InChI=1S/C12H16O4/c1-12(2,8-13)9-3-5-10(6-4-9)16-7-11(14)15/h3-6,13H,7-8H2,1-2H3,(H,14,15). The van der Waals surface area contributed by atoms with Crippen LogP contribution in [-0.4, -0.2) is 29.4 Å². The summed E-state index contributed by atoms with van der Waals surface area (Å²) in [4.78, 5) is 10.3.